The van der Waals surface area contributed by atoms with Crippen LogP contribution >= 0.6 is 22.9 Å². The molecule has 1 amide bonds. The van der Waals surface area contributed by atoms with Crippen molar-refractivity contribution in [3.05, 3.63) is 45.6 Å². The fourth-order valence-corrected chi connectivity index (χ4v) is 2.17. The van der Waals surface area contributed by atoms with E-state index in [0.717, 1.165) is 5.01 Å². The number of rotatable bonds is 3. The molecule has 2 heterocycles. The summed E-state index contributed by atoms with van der Waals surface area (Å²) in [6.07, 6.45) is 4.70. The van der Waals surface area contributed by atoms with Gasteiger partial charge in [-0.1, -0.05) is 11.6 Å². The Labute approximate surface area is 108 Å². The zero-order valence-corrected chi connectivity index (χ0v) is 10.6. The molecule has 17 heavy (non-hydrogen) atoms. The highest BCUT2D eigenvalue weighted by Gasteiger charge is 2.15. The second-order valence-corrected chi connectivity index (χ2v) is 4.75. The third-order valence-corrected chi connectivity index (χ3v) is 3.47. The van der Waals surface area contributed by atoms with Gasteiger partial charge in [-0.05, 0) is 13.0 Å². The first-order valence-electron chi connectivity index (χ1n) is 4.98. The Morgan fingerprint density at radius 3 is 3.00 bits per heavy atom. The van der Waals surface area contributed by atoms with Gasteiger partial charge in [-0.15, -0.1) is 11.3 Å². The van der Waals surface area contributed by atoms with Crippen LogP contribution in [0.2, 0.25) is 5.02 Å². The molecule has 0 radical (unpaired) electrons. The van der Waals surface area contributed by atoms with Crippen molar-refractivity contribution in [2.75, 3.05) is 0 Å². The number of nitrogens with zero attached hydrogens (tertiary/aromatic N) is 2. The second kappa shape index (κ2) is 5.25. The van der Waals surface area contributed by atoms with Gasteiger partial charge in [0.2, 0.25) is 0 Å². The van der Waals surface area contributed by atoms with Crippen molar-refractivity contribution in [3.63, 3.8) is 0 Å². The molecule has 0 aliphatic carbocycles. The number of carbonyl (C=O) groups excluding carboxylic acids is 1. The molecule has 1 atom stereocenters. The van der Waals surface area contributed by atoms with Gasteiger partial charge in [-0.2, -0.15) is 0 Å². The fraction of sp³-hybridized carbons (Fsp3) is 0.182. The molecule has 2 aromatic rings. The van der Waals surface area contributed by atoms with Crippen LogP contribution in [0, 0.1) is 0 Å². The number of thiazole rings is 1. The Kier molecular flexibility index (Phi) is 3.71. The van der Waals surface area contributed by atoms with Gasteiger partial charge in [-0.3, -0.25) is 9.78 Å². The van der Waals surface area contributed by atoms with E-state index < -0.39 is 0 Å². The van der Waals surface area contributed by atoms with Crippen LogP contribution in [0.5, 0.6) is 0 Å². The van der Waals surface area contributed by atoms with Gasteiger partial charge in [-0.25, -0.2) is 4.98 Å². The molecular formula is C11H10ClN3OS. The molecule has 6 heteroatoms. The molecule has 0 saturated heterocycles. The summed E-state index contributed by atoms with van der Waals surface area (Å²) in [6.45, 7) is 1.88. The summed E-state index contributed by atoms with van der Waals surface area (Å²) >= 11 is 7.41. The Morgan fingerprint density at radius 2 is 2.35 bits per heavy atom. The van der Waals surface area contributed by atoms with Crippen molar-refractivity contribution >= 4 is 28.8 Å². The van der Waals surface area contributed by atoms with Crippen LogP contribution in [0.1, 0.15) is 28.3 Å². The van der Waals surface area contributed by atoms with E-state index in [-0.39, 0.29) is 11.9 Å². The number of nitrogens with one attached hydrogen (secondary N) is 1. The van der Waals surface area contributed by atoms with E-state index in [9.17, 15) is 4.79 Å². The average molecular weight is 268 g/mol. The lowest BCUT2D eigenvalue weighted by Gasteiger charge is -2.11. The SMILES string of the molecule is CC(NC(=O)c1cnccc1Cl)c1nccs1. The Bertz CT molecular complexity index is 515. The number of amides is 1. The largest absolute Gasteiger partial charge is 0.343 e. The van der Waals surface area contributed by atoms with Crippen LogP contribution in [0.25, 0.3) is 0 Å². The third kappa shape index (κ3) is 2.81. The minimum absolute atomic E-state index is 0.140. The predicted molar refractivity (Wildman–Crippen MR) is 67.2 cm³/mol. The fourth-order valence-electron chi connectivity index (χ4n) is 1.33. The first kappa shape index (κ1) is 12.0. The van der Waals surface area contributed by atoms with Gasteiger partial charge < -0.3 is 5.32 Å². The molecule has 4 nitrogen and oxygen atoms in total. The number of carbonyl (C=O) groups is 1. The van der Waals surface area contributed by atoms with Crippen LogP contribution in [-0.2, 0) is 0 Å². The minimum Gasteiger partial charge on any atom is -0.343 e. The zero-order chi connectivity index (χ0) is 12.3. The smallest absolute Gasteiger partial charge is 0.254 e. The van der Waals surface area contributed by atoms with Gasteiger partial charge >= 0.3 is 0 Å². The van der Waals surface area contributed by atoms with Gasteiger partial charge in [0.1, 0.15) is 5.01 Å². The van der Waals surface area contributed by atoms with Crippen molar-refractivity contribution in [1.82, 2.24) is 15.3 Å². The monoisotopic (exact) mass is 267 g/mol. The molecule has 0 saturated carbocycles. The molecule has 88 valence electrons. The first-order chi connectivity index (χ1) is 8.18. The normalized spacial score (nSPS) is 12.1. The maximum atomic E-state index is 11.9. The first-order valence-corrected chi connectivity index (χ1v) is 6.24. The van der Waals surface area contributed by atoms with Gasteiger partial charge in [0.05, 0.1) is 16.6 Å². The Hall–Kier alpha value is -1.46. The summed E-state index contributed by atoms with van der Waals surface area (Å²) in [4.78, 5) is 19.9. The average Bonchev–Trinajstić information content (AvgIpc) is 2.82. The summed E-state index contributed by atoms with van der Waals surface area (Å²) in [5.74, 6) is -0.245. The van der Waals surface area contributed by atoms with E-state index >= 15 is 0 Å². The molecule has 0 aromatic carbocycles. The second-order valence-electron chi connectivity index (χ2n) is 3.42. The lowest BCUT2D eigenvalue weighted by Crippen LogP contribution is -2.26. The van der Waals surface area contributed by atoms with Crippen molar-refractivity contribution in [2.24, 2.45) is 0 Å². The summed E-state index contributed by atoms with van der Waals surface area (Å²) in [6, 6.07) is 1.45. The van der Waals surface area contributed by atoms with Crippen LogP contribution in [-0.4, -0.2) is 15.9 Å². The Morgan fingerprint density at radius 1 is 1.53 bits per heavy atom. The molecule has 0 aliphatic rings. The van der Waals surface area contributed by atoms with E-state index in [2.05, 4.69) is 15.3 Å². The lowest BCUT2D eigenvalue weighted by molar-refractivity contribution is 0.0939. The van der Waals surface area contributed by atoms with Crippen LogP contribution in [0.15, 0.2) is 30.0 Å². The summed E-state index contributed by atoms with van der Waals surface area (Å²) in [7, 11) is 0. The van der Waals surface area contributed by atoms with Crippen molar-refractivity contribution in [3.8, 4) is 0 Å². The van der Waals surface area contributed by atoms with E-state index in [1.807, 2.05) is 12.3 Å². The topological polar surface area (TPSA) is 54.9 Å². The van der Waals surface area contributed by atoms with Crippen molar-refractivity contribution in [1.29, 1.82) is 0 Å². The molecule has 0 fully saturated rings. The van der Waals surface area contributed by atoms with Crippen LogP contribution in [0.4, 0.5) is 0 Å². The van der Waals surface area contributed by atoms with Gasteiger partial charge in [0.15, 0.2) is 0 Å². The highest BCUT2D eigenvalue weighted by molar-refractivity contribution is 7.09. The molecule has 0 bridgehead atoms. The standard InChI is InChI=1S/C11H10ClN3OS/c1-7(11-14-4-5-17-11)15-10(16)8-6-13-3-2-9(8)12/h2-7H,1H3,(H,15,16). The highest BCUT2D eigenvalue weighted by atomic mass is 35.5. The van der Waals surface area contributed by atoms with Crippen LogP contribution < -0.4 is 5.32 Å². The minimum atomic E-state index is -0.245. The zero-order valence-electron chi connectivity index (χ0n) is 9.05. The van der Waals surface area contributed by atoms with Crippen LogP contribution in [0.3, 0.4) is 0 Å². The molecule has 1 unspecified atom stereocenters. The highest BCUT2D eigenvalue weighted by Crippen LogP contribution is 2.17. The quantitative estimate of drug-likeness (QED) is 0.930. The molecule has 0 spiro atoms. The number of hydrogen-bond acceptors (Lipinski definition) is 4. The third-order valence-electron chi connectivity index (χ3n) is 2.18. The van der Waals surface area contributed by atoms with E-state index in [0.29, 0.717) is 10.6 Å². The number of halogens is 1. The maximum Gasteiger partial charge on any atom is 0.254 e. The van der Waals surface area contributed by atoms with Crippen molar-refractivity contribution in [2.45, 2.75) is 13.0 Å². The van der Waals surface area contributed by atoms with E-state index in [1.165, 1.54) is 17.5 Å². The lowest BCUT2D eigenvalue weighted by atomic mass is 10.2. The molecular weight excluding hydrogens is 258 g/mol. The van der Waals surface area contributed by atoms with E-state index in [1.54, 1.807) is 18.5 Å². The maximum absolute atomic E-state index is 11.9. The number of hydrogen-bond donors (Lipinski definition) is 1. The van der Waals surface area contributed by atoms with Crippen molar-refractivity contribution < 1.29 is 4.79 Å². The summed E-state index contributed by atoms with van der Waals surface area (Å²) in [5.41, 5.74) is 0.373. The predicted octanol–water partition coefficient (Wildman–Crippen LogP) is 2.68. The van der Waals surface area contributed by atoms with Gasteiger partial charge in [0, 0.05) is 24.0 Å². The number of aromatic nitrogens is 2. The molecule has 1 N–H and O–H groups in total. The van der Waals surface area contributed by atoms with E-state index in [4.69, 9.17) is 11.6 Å². The van der Waals surface area contributed by atoms with Gasteiger partial charge in [0.25, 0.3) is 5.91 Å². The molecule has 2 rings (SSSR count). The summed E-state index contributed by atoms with van der Waals surface area (Å²) < 4.78 is 0. The Balaban J connectivity index is 2.10. The summed E-state index contributed by atoms with van der Waals surface area (Å²) in [5, 5.41) is 5.95. The molecule has 2 aromatic heterocycles. The molecule has 0 aliphatic heterocycles. The number of pyridine rings is 1.